The maximum Gasteiger partial charge on any atom is 0.249 e. The molecule has 2 aromatic rings. The van der Waals surface area contributed by atoms with Gasteiger partial charge in [-0.25, -0.2) is 4.98 Å². The Labute approximate surface area is 170 Å². The maximum atomic E-state index is 12.8. The number of H-pyrrole nitrogens is 1. The zero-order valence-corrected chi connectivity index (χ0v) is 17.1. The molecule has 156 valence electrons. The van der Waals surface area contributed by atoms with Crippen molar-refractivity contribution in [1.82, 2.24) is 29.5 Å². The third kappa shape index (κ3) is 3.66. The van der Waals surface area contributed by atoms with Gasteiger partial charge in [-0.05, 0) is 25.8 Å². The third-order valence-corrected chi connectivity index (χ3v) is 6.10. The first-order valence-electron chi connectivity index (χ1n) is 10.1. The highest BCUT2D eigenvalue weighted by Gasteiger charge is 2.48. The maximum absolute atomic E-state index is 12.8. The van der Waals surface area contributed by atoms with Crippen molar-refractivity contribution in [2.75, 3.05) is 33.4 Å². The average Bonchev–Trinajstić information content (AvgIpc) is 3.36. The standard InChI is InChI=1S/C20H28N6O3/c1-15-3-8-25(23-15)9-5-17(27)24-11-6-20(7-12-24)19-16(21-14-22-19)4-10-26(20)18(28)13-29-2/h3,8,14H,4-7,9-13H2,1-2H3,(H,21,22). The van der Waals surface area contributed by atoms with Gasteiger partial charge in [0.05, 0.1) is 23.3 Å². The number of rotatable bonds is 5. The summed E-state index contributed by atoms with van der Waals surface area (Å²) in [6, 6.07) is 1.94. The minimum atomic E-state index is -0.459. The van der Waals surface area contributed by atoms with Crippen LogP contribution in [0.4, 0.5) is 0 Å². The van der Waals surface area contributed by atoms with E-state index in [9.17, 15) is 9.59 Å². The second kappa shape index (κ2) is 7.98. The predicted octanol–water partition coefficient (Wildman–Crippen LogP) is 0.854. The fourth-order valence-corrected chi connectivity index (χ4v) is 4.63. The first-order valence-corrected chi connectivity index (χ1v) is 10.1. The van der Waals surface area contributed by atoms with Gasteiger partial charge in [0, 0.05) is 58.0 Å². The molecule has 4 heterocycles. The van der Waals surface area contributed by atoms with E-state index in [1.54, 1.807) is 11.0 Å². The Balaban J connectivity index is 1.45. The third-order valence-electron chi connectivity index (χ3n) is 6.10. The van der Waals surface area contributed by atoms with E-state index in [1.165, 1.54) is 7.11 Å². The summed E-state index contributed by atoms with van der Waals surface area (Å²) in [6.07, 6.45) is 6.17. The van der Waals surface area contributed by atoms with E-state index in [0.717, 1.165) is 23.5 Å². The molecule has 1 saturated heterocycles. The molecule has 4 rings (SSSR count). The number of nitrogens with one attached hydrogen (secondary N) is 1. The van der Waals surface area contributed by atoms with E-state index in [1.807, 2.05) is 29.0 Å². The Morgan fingerprint density at radius 3 is 2.72 bits per heavy atom. The summed E-state index contributed by atoms with van der Waals surface area (Å²) < 4.78 is 6.91. The number of nitrogens with zero attached hydrogens (tertiary/aromatic N) is 5. The van der Waals surface area contributed by atoms with Gasteiger partial charge in [0.25, 0.3) is 0 Å². The van der Waals surface area contributed by atoms with Crippen LogP contribution >= 0.6 is 0 Å². The van der Waals surface area contributed by atoms with E-state index in [2.05, 4.69) is 15.1 Å². The number of aromatic amines is 1. The Kier molecular flexibility index (Phi) is 5.40. The molecule has 0 bridgehead atoms. The fourth-order valence-electron chi connectivity index (χ4n) is 4.63. The molecule has 9 heteroatoms. The van der Waals surface area contributed by atoms with Gasteiger partial charge in [-0.1, -0.05) is 0 Å². The smallest absolute Gasteiger partial charge is 0.249 e. The van der Waals surface area contributed by atoms with Crippen molar-refractivity contribution in [3.8, 4) is 0 Å². The number of carbonyl (C=O) groups is 2. The molecule has 0 aliphatic carbocycles. The number of likely N-dealkylation sites (tertiary alicyclic amines) is 1. The van der Waals surface area contributed by atoms with E-state index < -0.39 is 5.54 Å². The highest BCUT2D eigenvalue weighted by molar-refractivity contribution is 5.79. The predicted molar refractivity (Wildman–Crippen MR) is 105 cm³/mol. The Morgan fingerprint density at radius 1 is 1.24 bits per heavy atom. The van der Waals surface area contributed by atoms with Crippen LogP contribution in [0.15, 0.2) is 18.6 Å². The van der Waals surface area contributed by atoms with Crippen LogP contribution in [-0.4, -0.2) is 74.7 Å². The quantitative estimate of drug-likeness (QED) is 0.803. The molecule has 2 aromatic heterocycles. The monoisotopic (exact) mass is 400 g/mol. The molecule has 2 aliphatic rings. The van der Waals surface area contributed by atoms with Crippen molar-refractivity contribution in [2.24, 2.45) is 0 Å². The number of ether oxygens (including phenoxy) is 1. The van der Waals surface area contributed by atoms with Crippen LogP contribution < -0.4 is 0 Å². The Bertz CT molecular complexity index is 880. The van der Waals surface area contributed by atoms with Crippen LogP contribution in [0.1, 0.15) is 36.3 Å². The summed E-state index contributed by atoms with van der Waals surface area (Å²) in [5.74, 6) is 0.107. The molecule has 1 fully saturated rings. The van der Waals surface area contributed by atoms with Crippen LogP contribution in [0.2, 0.25) is 0 Å². The number of imidazole rings is 1. The SMILES string of the molecule is COCC(=O)N1CCc2[nH]cnc2C12CCN(C(=O)CCn1ccc(C)n1)CC2. The lowest BCUT2D eigenvalue weighted by Gasteiger charge is -2.50. The number of aromatic nitrogens is 4. The normalized spacial score (nSPS) is 18.1. The van der Waals surface area contributed by atoms with Crippen LogP contribution in [0.25, 0.3) is 0 Å². The van der Waals surface area contributed by atoms with Gasteiger partial charge in [-0.3, -0.25) is 14.3 Å². The van der Waals surface area contributed by atoms with Crippen molar-refractivity contribution in [3.05, 3.63) is 35.7 Å². The minimum absolute atomic E-state index is 0.0185. The lowest BCUT2D eigenvalue weighted by molar-refractivity contribution is -0.147. The number of aryl methyl sites for hydroxylation is 2. The molecule has 1 N–H and O–H groups in total. The topological polar surface area (TPSA) is 96.4 Å². The summed E-state index contributed by atoms with van der Waals surface area (Å²) in [6.45, 7) is 4.44. The largest absolute Gasteiger partial charge is 0.375 e. The van der Waals surface area contributed by atoms with E-state index >= 15 is 0 Å². The van der Waals surface area contributed by atoms with Crippen molar-refractivity contribution in [1.29, 1.82) is 0 Å². The summed E-state index contributed by atoms with van der Waals surface area (Å²) in [5, 5.41) is 4.34. The molecule has 9 nitrogen and oxygen atoms in total. The van der Waals surface area contributed by atoms with E-state index in [0.29, 0.717) is 45.4 Å². The number of fused-ring (bicyclic) bond motifs is 2. The molecule has 0 saturated carbocycles. The van der Waals surface area contributed by atoms with Crippen LogP contribution in [-0.2, 0) is 32.8 Å². The first kappa shape index (κ1) is 19.6. The second-order valence-electron chi connectivity index (χ2n) is 7.84. The van der Waals surface area contributed by atoms with Gasteiger partial charge in [0.15, 0.2) is 0 Å². The minimum Gasteiger partial charge on any atom is -0.375 e. The zero-order valence-electron chi connectivity index (χ0n) is 17.1. The number of hydrogen-bond acceptors (Lipinski definition) is 5. The van der Waals surface area contributed by atoms with Crippen molar-refractivity contribution < 1.29 is 14.3 Å². The summed E-state index contributed by atoms with van der Waals surface area (Å²) in [5.41, 5.74) is 2.54. The number of carbonyl (C=O) groups excluding carboxylic acids is 2. The number of hydrogen-bond donors (Lipinski definition) is 1. The van der Waals surface area contributed by atoms with Gasteiger partial charge in [-0.2, -0.15) is 5.10 Å². The van der Waals surface area contributed by atoms with E-state index in [-0.39, 0.29) is 18.4 Å². The van der Waals surface area contributed by atoms with Crippen molar-refractivity contribution >= 4 is 11.8 Å². The van der Waals surface area contributed by atoms with Gasteiger partial charge in [0.2, 0.25) is 11.8 Å². The Hall–Kier alpha value is -2.68. The zero-order chi connectivity index (χ0) is 20.4. The summed E-state index contributed by atoms with van der Waals surface area (Å²) >= 11 is 0. The van der Waals surface area contributed by atoms with Crippen LogP contribution in [0, 0.1) is 6.92 Å². The van der Waals surface area contributed by atoms with Gasteiger partial charge < -0.3 is 19.5 Å². The number of amides is 2. The molecule has 0 aromatic carbocycles. The number of methoxy groups -OCH3 is 1. The summed E-state index contributed by atoms with van der Waals surface area (Å²) in [4.78, 5) is 37.1. The van der Waals surface area contributed by atoms with Crippen LogP contribution in [0.5, 0.6) is 0 Å². The van der Waals surface area contributed by atoms with Crippen LogP contribution in [0.3, 0.4) is 0 Å². The summed E-state index contributed by atoms with van der Waals surface area (Å²) in [7, 11) is 1.54. The highest BCUT2D eigenvalue weighted by atomic mass is 16.5. The molecular weight excluding hydrogens is 372 g/mol. The Morgan fingerprint density at radius 2 is 2.03 bits per heavy atom. The number of piperidine rings is 1. The molecule has 1 spiro atoms. The average molecular weight is 400 g/mol. The molecular formula is C20H28N6O3. The molecule has 0 atom stereocenters. The lowest BCUT2D eigenvalue weighted by atomic mass is 9.78. The van der Waals surface area contributed by atoms with Gasteiger partial charge >= 0.3 is 0 Å². The molecule has 29 heavy (non-hydrogen) atoms. The molecule has 2 aliphatic heterocycles. The van der Waals surface area contributed by atoms with E-state index in [4.69, 9.17) is 4.74 Å². The first-order chi connectivity index (χ1) is 14.0. The molecule has 2 amide bonds. The van der Waals surface area contributed by atoms with Gasteiger partial charge in [-0.15, -0.1) is 0 Å². The highest BCUT2D eigenvalue weighted by Crippen LogP contribution is 2.42. The molecule has 0 radical (unpaired) electrons. The van der Waals surface area contributed by atoms with Crippen molar-refractivity contribution in [2.45, 2.75) is 44.7 Å². The van der Waals surface area contributed by atoms with Gasteiger partial charge in [0.1, 0.15) is 6.61 Å². The fraction of sp³-hybridized carbons (Fsp3) is 0.600. The molecule has 0 unspecified atom stereocenters. The van der Waals surface area contributed by atoms with Crippen molar-refractivity contribution in [3.63, 3.8) is 0 Å². The second-order valence-corrected chi connectivity index (χ2v) is 7.84. The lowest BCUT2D eigenvalue weighted by Crippen LogP contribution is -2.59.